The van der Waals surface area contributed by atoms with Gasteiger partial charge in [-0.1, -0.05) is 224 Å². The molecule has 5 nitrogen and oxygen atoms in total. The Bertz CT molecular complexity index is 5230. The fourth-order valence-electron chi connectivity index (χ4n) is 9.06. The van der Waals surface area contributed by atoms with Gasteiger partial charge in [0.2, 0.25) is 0 Å². The molecule has 0 aliphatic rings. The van der Waals surface area contributed by atoms with Crippen molar-refractivity contribution in [2.24, 2.45) is 0 Å². The zero-order valence-electron chi connectivity index (χ0n) is 58.7. The summed E-state index contributed by atoms with van der Waals surface area (Å²) in [5, 5.41) is 1.99. The average molecular weight is 922 g/mol. The minimum Gasteiger partial charge on any atom is -0.455 e. The molecule has 0 amide bonds. The Hall–Kier alpha value is -8.97. The van der Waals surface area contributed by atoms with Gasteiger partial charge in [-0.25, -0.2) is 15.0 Å². The molecule has 0 atom stereocenters. The largest absolute Gasteiger partial charge is 0.455 e. The maximum absolute atomic E-state index is 10.2. The van der Waals surface area contributed by atoms with Gasteiger partial charge in [0.15, 0.2) is 25.5 Å². The van der Waals surface area contributed by atoms with E-state index in [0.717, 1.165) is 25.3 Å². The molecule has 3 aromatic heterocycles. The summed E-state index contributed by atoms with van der Waals surface area (Å²) in [5.41, 5.74) is -5.19. The first-order valence-electron chi connectivity index (χ1n) is 33.0. The number of hydrogen-bond acceptors (Lipinski definition) is 4. The second-order valence-electron chi connectivity index (χ2n) is 15.8. The van der Waals surface area contributed by atoms with Crippen molar-refractivity contribution in [1.82, 2.24) is 19.5 Å². The lowest BCUT2D eigenvalue weighted by Gasteiger charge is -2.34. The van der Waals surface area contributed by atoms with Gasteiger partial charge in [-0.05, 0) is 56.5 Å². The summed E-state index contributed by atoms with van der Waals surface area (Å²) in [6, 6.07) is 17.7. The summed E-state index contributed by atoms with van der Waals surface area (Å²) in [5.74, 6) is -1.67. The number of aromatic nitrogens is 4. The van der Waals surface area contributed by atoms with Crippen molar-refractivity contribution in [2.75, 3.05) is 0 Å². The molecular weight excluding hydrogens is 857 g/mol. The summed E-state index contributed by atoms with van der Waals surface area (Å²) in [6.07, 6.45) is 0. The van der Waals surface area contributed by atoms with Gasteiger partial charge >= 0.3 is 0 Å². The minimum atomic E-state index is -3.42. The van der Waals surface area contributed by atoms with E-state index in [1.54, 1.807) is 12.1 Å². The maximum atomic E-state index is 10.2. The highest BCUT2D eigenvalue weighted by Crippen LogP contribution is 2.40. The van der Waals surface area contributed by atoms with Crippen molar-refractivity contribution in [3.05, 3.63) is 254 Å². The zero-order chi connectivity index (χ0) is 65.7. The molecule has 3 heterocycles. The third kappa shape index (κ3) is 6.72. The van der Waals surface area contributed by atoms with Crippen molar-refractivity contribution >= 4 is 72.6 Å². The summed E-state index contributed by atoms with van der Waals surface area (Å²) in [6.45, 7) is 0. The van der Waals surface area contributed by atoms with Crippen molar-refractivity contribution in [3.63, 3.8) is 0 Å². The van der Waals surface area contributed by atoms with Gasteiger partial charge in [0.25, 0.3) is 0 Å². The summed E-state index contributed by atoms with van der Waals surface area (Å²) >= 11 is 0. The van der Waals surface area contributed by atoms with Gasteiger partial charge in [0.1, 0.15) is 11.2 Å². The molecule has 69 heavy (non-hydrogen) atoms. The maximum Gasteiger partial charge on any atom is 0.179 e. The molecule has 0 saturated heterocycles. The van der Waals surface area contributed by atoms with Gasteiger partial charge in [-0.15, -0.1) is 0 Å². The SMILES string of the molecule is [2H]c1c([2H])c([2H])c(-c2c([2H])c([2H])c([2H])c3c2oc2c([2H])c([2H])c([2H])c([2H])c23)c(-c2nc(-c3cccc([Si](c4ccccc4)(c4ccccc4)c4ccccc4)c3)nc(-c3c([2H])c([2H])c([2H])c(-n4c5c([2H])c([2H])c([2H])c([2H])c5c5c([2H])c([2H])c([2H])c([2H])c54)c3[2H])n2)c1[2H]. The van der Waals surface area contributed by atoms with Gasteiger partial charge in [-0.2, -0.15) is 0 Å². The fraction of sp³-hybridized carbons (Fsp3) is 0. The Balaban J connectivity index is 1.20. The first kappa shape index (κ1) is 23.2. The van der Waals surface area contributed by atoms with Crippen LogP contribution in [0.2, 0.25) is 0 Å². The van der Waals surface area contributed by atoms with E-state index in [2.05, 4.69) is 0 Å². The summed E-state index contributed by atoms with van der Waals surface area (Å²) in [4.78, 5) is 14.7. The Morgan fingerprint density at radius 2 is 0.899 bits per heavy atom. The molecule has 0 aliphatic carbocycles. The second kappa shape index (κ2) is 16.7. The van der Waals surface area contributed by atoms with Gasteiger partial charge in [0, 0.05) is 49.5 Å². The number of rotatable bonds is 9. The number of para-hydroxylation sites is 4. The van der Waals surface area contributed by atoms with Crippen LogP contribution in [-0.2, 0) is 0 Å². The molecule has 6 heteroatoms. The number of hydrogen-bond donors (Lipinski definition) is 0. The van der Waals surface area contributed by atoms with E-state index in [1.165, 1.54) is 0 Å². The predicted octanol–water partition coefficient (Wildman–Crippen LogP) is 12.9. The molecule has 0 unspecified atom stereocenters. The van der Waals surface area contributed by atoms with Crippen LogP contribution in [0.1, 0.15) is 31.5 Å². The van der Waals surface area contributed by atoms with Crippen LogP contribution >= 0.6 is 0 Å². The molecule has 324 valence electrons. The van der Waals surface area contributed by atoms with Crippen LogP contribution in [0, 0.1) is 0 Å². The highest BCUT2D eigenvalue weighted by molar-refractivity contribution is 7.19. The van der Waals surface area contributed by atoms with Gasteiger partial charge in [-0.3, -0.25) is 0 Å². The molecule has 0 bridgehead atoms. The Morgan fingerprint density at radius 1 is 0.391 bits per heavy atom. The first-order chi connectivity index (χ1) is 43.8. The molecule has 13 rings (SSSR count). The van der Waals surface area contributed by atoms with Crippen LogP contribution in [0.15, 0.2) is 259 Å². The normalized spacial score (nSPS) is 16.4. The third-order valence-corrected chi connectivity index (χ3v) is 16.8. The van der Waals surface area contributed by atoms with Crippen LogP contribution < -0.4 is 20.7 Å². The second-order valence-corrected chi connectivity index (χ2v) is 19.6. The van der Waals surface area contributed by atoms with E-state index in [0.29, 0.717) is 0 Å². The summed E-state index contributed by atoms with van der Waals surface area (Å²) in [7, 11) is -3.42. The average Bonchev–Trinajstić information content (AvgIpc) is 1.49. The minimum absolute atomic E-state index is 0.196. The Kier molecular flexibility index (Phi) is 5.61. The summed E-state index contributed by atoms with van der Waals surface area (Å²) < 4.78 is 217. The monoisotopic (exact) mass is 921 g/mol. The van der Waals surface area contributed by atoms with E-state index in [-0.39, 0.29) is 16.8 Å². The van der Waals surface area contributed by atoms with Crippen LogP contribution in [-0.4, -0.2) is 27.6 Å². The highest BCUT2D eigenvalue weighted by atomic mass is 28.3. The Labute approximate surface area is 432 Å². The first-order valence-corrected chi connectivity index (χ1v) is 23.5. The molecule has 10 aromatic carbocycles. The van der Waals surface area contributed by atoms with Gasteiger partial charge < -0.3 is 8.98 Å². The van der Waals surface area contributed by atoms with Crippen molar-refractivity contribution in [3.8, 4) is 51.0 Å². The molecule has 0 aliphatic heterocycles. The molecule has 0 saturated carbocycles. The number of fused-ring (bicyclic) bond motifs is 6. The third-order valence-electron chi connectivity index (χ3n) is 12.0. The lowest BCUT2D eigenvalue weighted by Crippen LogP contribution is -2.74. The molecular formula is C63H42N4OSi. The smallest absolute Gasteiger partial charge is 0.179 e. The Morgan fingerprint density at radius 3 is 1.57 bits per heavy atom. The molecule has 13 aromatic rings. The van der Waals surface area contributed by atoms with Gasteiger partial charge in [0.05, 0.1) is 42.6 Å². The molecule has 0 N–H and O–H groups in total. The van der Waals surface area contributed by atoms with E-state index in [1.807, 2.05) is 103 Å². The number of nitrogens with zero attached hydrogens (tertiary/aromatic N) is 4. The number of furan rings is 1. The molecule has 0 fully saturated rings. The van der Waals surface area contributed by atoms with Crippen molar-refractivity contribution in [1.29, 1.82) is 0 Å². The molecule has 0 spiro atoms. The number of benzene rings is 10. The molecule has 0 radical (unpaired) electrons. The van der Waals surface area contributed by atoms with Crippen molar-refractivity contribution < 1.29 is 35.9 Å². The van der Waals surface area contributed by atoms with Crippen LogP contribution in [0.4, 0.5) is 0 Å². The van der Waals surface area contributed by atoms with Crippen LogP contribution in [0.25, 0.3) is 94.7 Å². The topological polar surface area (TPSA) is 56.7 Å². The fourth-order valence-corrected chi connectivity index (χ4v) is 13.9. The van der Waals surface area contributed by atoms with Crippen LogP contribution in [0.5, 0.6) is 0 Å². The van der Waals surface area contributed by atoms with E-state index < -0.39 is 225 Å². The lowest BCUT2D eigenvalue weighted by atomic mass is 9.97. The van der Waals surface area contributed by atoms with E-state index in [9.17, 15) is 13.7 Å². The standard InChI is InChI=1S/C63H42N4OSi/c1-4-24-46(25-5-1)69(47-26-6-2-7-27-47,48-28-8-3-9-29-48)49-30-19-22-44(42-49)62-64-61(43-21-18-23-45(41-43)67-57-38-15-12-32-51(57)52-33-13-16-39-58(52)67)65-63(66-62)56-35-11-10-31-50(56)54-36-20-37-55-53-34-14-17-40-59(53)68-60(54)55/h1-42H/i10D,11D,12D,13D,14D,15D,16D,17D,18D,20D,21D,23D,31D,32D,33D,34D,35D,36D,37D,38D,39D,40D,41D. The zero-order valence-corrected chi connectivity index (χ0v) is 36.7. The lowest BCUT2D eigenvalue weighted by molar-refractivity contribution is 0.670. The van der Waals surface area contributed by atoms with Crippen LogP contribution in [0.3, 0.4) is 0 Å². The quantitative estimate of drug-likeness (QED) is 0.107. The van der Waals surface area contributed by atoms with E-state index >= 15 is 0 Å². The predicted molar refractivity (Wildman–Crippen MR) is 287 cm³/mol. The van der Waals surface area contributed by atoms with Crippen molar-refractivity contribution in [2.45, 2.75) is 0 Å². The highest BCUT2D eigenvalue weighted by Gasteiger charge is 2.41. The van der Waals surface area contributed by atoms with E-state index in [4.69, 9.17) is 37.2 Å².